The van der Waals surface area contributed by atoms with Gasteiger partial charge in [0.1, 0.15) is 0 Å². The maximum atomic E-state index is 5.91. The van der Waals surface area contributed by atoms with Gasteiger partial charge in [-0.2, -0.15) is 5.10 Å². The number of aryl methyl sites for hydroxylation is 2. The maximum absolute atomic E-state index is 5.91. The number of benzene rings is 2. The lowest BCUT2D eigenvalue weighted by molar-refractivity contribution is 1.05. The number of rotatable bonds is 3. The van der Waals surface area contributed by atoms with E-state index in [0.717, 1.165) is 22.4 Å². The highest BCUT2D eigenvalue weighted by atomic mass is 35.5. The van der Waals surface area contributed by atoms with Crippen LogP contribution in [0.4, 0.5) is 5.69 Å². The molecule has 21 heavy (non-hydrogen) atoms. The van der Waals surface area contributed by atoms with Gasteiger partial charge < -0.3 is 5.32 Å². The summed E-state index contributed by atoms with van der Waals surface area (Å²) in [6.07, 6.45) is 1.67. The molecule has 0 aliphatic rings. The van der Waals surface area contributed by atoms with E-state index in [9.17, 15) is 0 Å². The van der Waals surface area contributed by atoms with Crippen LogP contribution in [0.25, 0.3) is 0 Å². The van der Waals surface area contributed by atoms with Crippen LogP contribution in [0.5, 0.6) is 0 Å². The smallest absolute Gasteiger partial charge is 0.191 e. The predicted octanol–water partition coefficient (Wildman–Crippen LogP) is 4.28. The molecule has 0 atom stereocenters. The molecule has 0 fully saturated rings. The molecule has 2 rings (SSSR count). The Morgan fingerprint density at radius 2 is 1.81 bits per heavy atom. The molecule has 0 saturated heterocycles. The summed E-state index contributed by atoms with van der Waals surface area (Å²) >= 11 is 11.1. The molecule has 2 N–H and O–H groups in total. The fourth-order valence-corrected chi connectivity index (χ4v) is 2.26. The van der Waals surface area contributed by atoms with Crippen LogP contribution in [0.15, 0.2) is 47.6 Å². The highest BCUT2D eigenvalue weighted by Crippen LogP contribution is 2.19. The third kappa shape index (κ3) is 4.55. The van der Waals surface area contributed by atoms with Crippen LogP contribution >= 0.6 is 23.8 Å². The van der Waals surface area contributed by atoms with Gasteiger partial charge in [-0.3, -0.25) is 5.43 Å². The number of para-hydroxylation sites is 1. The Hall–Kier alpha value is -1.91. The average molecular weight is 318 g/mol. The van der Waals surface area contributed by atoms with Crippen molar-refractivity contribution in [1.82, 2.24) is 5.43 Å². The second-order valence-corrected chi connectivity index (χ2v) is 5.49. The largest absolute Gasteiger partial charge is 0.331 e. The zero-order valence-corrected chi connectivity index (χ0v) is 13.4. The SMILES string of the molecule is Cc1cccc(C)c1NC(=S)N/N=C/c1cccc(Cl)c1. The van der Waals surface area contributed by atoms with Gasteiger partial charge in [0.15, 0.2) is 5.11 Å². The van der Waals surface area contributed by atoms with Gasteiger partial charge in [0.2, 0.25) is 0 Å². The van der Waals surface area contributed by atoms with Crippen molar-refractivity contribution in [3.63, 3.8) is 0 Å². The van der Waals surface area contributed by atoms with E-state index in [1.807, 2.05) is 56.3 Å². The summed E-state index contributed by atoms with van der Waals surface area (Å²) in [6.45, 7) is 4.07. The molecule has 108 valence electrons. The normalized spacial score (nSPS) is 10.6. The van der Waals surface area contributed by atoms with E-state index in [-0.39, 0.29) is 0 Å². The van der Waals surface area contributed by atoms with Crippen molar-refractivity contribution in [1.29, 1.82) is 0 Å². The highest BCUT2D eigenvalue weighted by molar-refractivity contribution is 7.80. The topological polar surface area (TPSA) is 36.4 Å². The lowest BCUT2D eigenvalue weighted by atomic mass is 10.1. The molecule has 2 aromatic carbocycles. The predicted molar refractivity (Wildman–Crippen MR) is 94.3 cm³/mol. The highest BCUT2D eigenvalue weighted by Gasteiger charge is 2.03. The number of anilines is 1. The van der Waals surface area contributed by atoms with E-state index >= 15 is 0 Å². The molecular weight excluding hydrogens is 302 g/mol. The van der Waals surface area contributed by atoms with Gasteiger partial charge in [0, 0.05) is 10.7 Å². The Balaban J connectivity index is 1.96. The van der Waals surface area contributed by atoms with Crippen LogP contribution in [-0.2, 0) is 0 Å². The van der Waals surface area contributed by atoms with Gasteiger partial charge in [0.05, 0.1) is 6.21 Å². The monoisotopic (exact) mass is 317 g/mol. The summed E-state index contributed by atoms with van der Waals surface area (Å²) in [7, 11) is 0. The number of hydrogen-bond donors (Lipinski definition) is 2. The average Bonchev–Trinajstić information content (AvgIpc) is 2.43. The molecular formula is C16H16ClN3S. The zero-order valence-electron chi connectivity index (χ0n) is 11.9. The summed E-state index contributed by atoms with van der Waals surface area (Å²) in [5, 5.41) is 8.38. The van der Waals surface area contributed by atoms with E-state index in [0.29, 0.717) is 10.1 Å². The molecule has 0 unspecified atom stereocenters. The molecule has 0 amide bonds. The molecule has 0 aliphatic carbocycles. The molecule has 0 bridgehead atoms. The molecule has 0 aromatic heterocycles. The van der Waals surface area contributed by atoms with E-state index in [1.54, 1.807) is 6.21 Å². The van der Waals surface area contributed by atoms with Crippen LogP contribution in [0.1, 0.15) is 16.7 Å². The van der Waals surface area contributed by atoms with Gasteiger partial charge >= 0.3 is 0 Å². The number of hydrogen-bond acceptors (Lipinski definition) is 2. The van der Waals surface area contributed by atoms with Crippen LogP contribution in [0, 0.1) is 13.8 Å². The van der Waals surface area contributed by atoms with Crippen LogP contribution in [-0.4, -0.2) is 11.3 Å². The molecule has 2 aromatic rings. The Bertz CT molecular complexity index is 663. The minimum atomic E-state index is 0.450. The minimum absolute atomic E-state index is 0.450. The van der Waals surface area contributed by atoms with Crippen molar-refractivity contribution < 1.29 is 0 Å². The summed E-state index contributed by atoms with van der Waals surface area (Å²) < 4.78 is 0. The first kappa shape index (κ1) is 15.5. The Morgan fingerprint density at radius 3 is 2.48 bits per heavy atom. The molecule has 0 aliphatic heterocycles. The Morgan fingerprint density at radius 1 is 1.14 bits per heavy atom. The number of nitrogens with one attached hydrogen (secondary N) is 2. The van der Waals surface area contributed by atoms with Crippen LogP contribution in [0.3, 0.4) is 0 Å². The number of halogens is 1. The quantitative estimate of drug-likeness (QED) is 0.504. The lowest BCUT2D eigenvalue weighted by Gasteiger charge is -2.12. The van der Waals surface area contributed by atoms with E-state index < -0.39 is 0 Å². The summed E-state index contributed by atoms with van der Waals surface area (Å²) in [5.41, 5.74) is 6.99. The third-order valence-corrected chi connectivity index (χ3v) is 3.38. The Labute approximate surface area is 135 Å². The van der Waals surface area contributed by atoms with Crippen LogP contribution < -0.4 is 10.7 Å². The van der Waals surface area contributed by atoms with Gasteiger partial charge in [-0.1, -0.05) is 41.9 Å². The summed E-state index contributed by atoms with van der Waals surface area (Å²) in [5.74, 6) is 0. The third-order valence-electron chi connectivity index (χ3n) is 2.95. The standard InChI is InChI=1S/C16H16ClN3S/c1-11-5-3-6-12(2)15(11)19-16(21)20-18-10-13-7-4-8-14(17)9-13/h3-10H,1-2H3,(H2,19,20,21)/b18-10+. The van der Waals surface area contributed by atoms with Crippen molar-refractivity contribution in [3.8, 4) is 0 Å². The molecule has 3 nitrogen and oxygen atoms in total. The van der Waals surface area contributed by atoms with Gasteiger partial charge in [0.25, 0.3) is 0 Å². The molecule has 0 heterocycles. The van der Waals surface area contributed by atoms with Crippen molar-refractivity contribution in [3.05, 3.63) is 64.2 Å². The maximum Gasteiger partial charge on any atom is 0.191 e. The van der Waals surface area contributed by atoms with Crippen molar-refractivity contribution in [2.75, 3.05) is 5.32 Å². The molecule has 0 radical (unpaired) electrons. The fraction of sp³-hybridized carbons (Fsp3) is 0.125. The molecule has 0 spiro atoms. The van der Waals surface area contributed by atoms with E-state index in [4.69, 9.17) is 23.8 Å². The number of hydrazone groups is 1. The van der Waals surface area contributed by atoms with E-state index in [2.05, 4.69) is 15.8 Å². The first-order valence-electron chi connectivity index (χ1n) is 6.48. The number of nitrogens with zero attached hydrogens (tertiary/aromatic N) is 1. The first-order chi connectivity index (χ1) is 10.1. The molecule has 5 heteroatoms. The fourth-order valence-electron chi connectivity index (χ4n) is 1.91. The first-order valence-corrected chi connectivity index (χ1v) is 7.27. The van der Waals surface area contributed by atoms with Gasteiger partial charge in [-0.05, 0) is 54.9 Å². The van der Waals surface area contributed by atoms with Crippen molar-refractivity contribution in [2.45, 2.75) is 13.8 Å². The summed E-state index contributed by atoms with van der Waals surface area (Å²) in [4.78, 5) is 0. The Kier molecular flexibility index (Phi) is 5.31. The second-order valence-electron chi connectivity index (χ2n) is 4.65. The van der Waals surface area contributed by atoms with Gasteiger partial charge in [-0.25, -0.2) is 0 Å². The zero-order chi connectivity index (χ0) is 15.2. The summed E-state index contributed by atoms with van der Waals surface area (Å²) in [6, 6.07) is 13.5. The lowest BCUT2D eigenvalue weighted by Crippen LogP contribution is -2.24. The number of thiocarbonyl (C=S) groups is 1. The molecule has 0 saturated carbocycles. The van der Waals surface area contributed by atoms with Crippen LogP contribution in [0.2, 0.25) is 5.02 Å². The van der Waals surface area contributed by atoms with Crippen molar-refractivity contribution >= 4 is 40.8 Å². The second kappa shape index (κ2) is 7.20. The van der Waals surface area contributed by atoms with Crippen molar-refractivity contribution in [2.24, 2.45) is 5.10 Å². The van der Waals surface area contributed by atoms with E-state index in [1.165, 1.54) is 0 Å². The van der Waals surface area contributed by atoms with Gasteiger partial charge in [-0.15, -0.1) is 0 Å². The minimum Gasteiger partial charge on any atom is -0.331 e.